The van der Waals surface area contributed by atoms with Crippen LogP contribution in [-0.4, -0.2) is 43.3 Å². The lowest BCUT2D eigenvalue weighted by Gasteiger charge is -2.47. The van der Waals surface area contributed by atoms with Gasteiger partial charge in [-0.15, -0.1) is 11.3 Å². The van der Waals surface area contributed by atoms with Crippen molar-refractivity contribution >= 4 is 34.7 Å². The summed E-state index contributed by atoms with van der Waals surface area (Å²) in [5.41, 5.74) is 0.129. The molecular formula is C27H37ClO5S. The Balaban J connectivity index is 1.55. The van der Waals surface area contributed by atoms with Gasteiger partial charge in [-0.2, -0.15) is 0 Å². The topological polar surface area (TPSA) is 72.8 Å². The third-order valence-corrected chi connectivity index (χ3v) is 8.68. The molecule has 1 aromatic rings. The molecule has 2 saturated carbocycles. The second-order valence-corrected chi connectivity index (χ2v) is 11.4. The van der Waals surface area contributed by atoms with E-state index in [0.717, 1.165) is 42.9 Å². The first kappa shape index (κ1) is 27.1. The van der Waals surface area contributed by atoms with Crippen molar-refractivity contribution in [1.29, 1.82) is 0 Å². The van der Waals surface area contributed by atoms with E-state index in [9.17, 15) is 14.7 Å². The van der Waals surface area contributed by atoms with Crippen molar-refractivity contribution in [3.05, 3.63) is 45.7 Å². The van der Waals surface area contributed by atoms with Gasteiger partial charge >= 0.3 is 5.97 Å². The molecule has 0 bridgehead atoms. The number of ether oxygens (including phenoxy) is 2. The number of thiophene rings is 1. The number of ketones is 1. The minimum absolute atomic E-state index is 0.0979. The van der Waals surface area contributed by atoms with E-state index in [0.29, 0.717) is 12.8 Å². The Kier molecular flexibility index (Phi) is 10.4. The van der Waals surface area contributed by atoms with Crippen LogP contribution in [0.4, 0.5) is 0 Å². The summed E-state index contributed by atoms with van der Waals surface area (Å²) in [6.45, 7) is 0. The normalized spacial score (nSPS) is 25.2. The third kappa shape index (κ3) is 7.03. The van der Waals surface area contributed by atoms with Gasteiger partial charge in [-0.1, -0.05) is 42.3 Å². The smallest absolute Gasteiger partial charge is 0.305 e. The standard InChI is InChI=1S/C27H37ClO5S/c1-32-24(27(15-8-16-27)18-19-13-14-25(28)34-19)11-7-10-21-20(22(29)17-23(21)30)9-5-3-4-6-12-26(31)33-2/h3,5,7,10,13-14,20-21,23-24,30H,4,6,8-9,11-12,15-18H2,1-2H3/t20-,21-,23-,24?/m1/s1. The number of aliphatic hydroxyl groups is 1. The van der Waals surface area contributed by atoms with Crippen LogP contribution in [0.25, 0.3) is 0 Å². The highest BCUT2D eigenvalue weighted by molar-refractivity contribution is 7.16. The Morgan fingerprint density at radius 1 is 1.29 bits per heavy atom. The van der Waals surface area contributed by atoms with E-state index in [1.807, 2.05) is 24.3 Å². The summed E-state index contributed by atoms with van der Waals surface area (Å²) < 4.78 is 11.4. The summed E-state index contributed by atoms with van der Waals surface area (Å²) in [5, 5.41) is 10.5. The first-order valence-corrected chi connectivity index (χ1v) is 13.4. The van der Waals surface area contributed by atoms with Crippen molar-refractivity contribution in [2.75, 3.05) is 14.2 Å². The molecule has 2 aliphatic carbocycles. The number of allylic oxidation sites excluding steroid dienone is 2. The van der Waals surface area contributed by atoms with Crippen LogP contribution in [0.3, 0.4) is 0 Å². The zero-order valence-electron chi connectivity index (χ0n) is 20.2. The average molecular weight is 509 g/mol. The lowest BCUT2D eigenvalue weighted by atomic mass is 9.62. The molecule has 3 rings (SSSR count). The fraction of sp³-hybridized carbons (Fsp3) is 0.630. The van der Waals surface area contributed by atoms with E-state index in [2.05, 4.69) is 16.9 Å². The van der Waals surface area contributed by atoms with Gasteiger partial charge < -0.3 is 14.6 Å². The molecule has 1 heterocycles. The van der Waals surface area contributed by atoms with Gasteiger partial charge in [-0.05, 0) is 57.1 Å². The summed E-state index contributed by atoms with van der Waals surface area (Å²) in [6.07, 6.45) is 15.6. The molecule has 0 aromatic carbocycles. The molecule has 1 unspecified atom stereocenters. The van der Waals surface area contributed by atoms with Gasteiger partial charge in [-0.25, -0.2) is 0 Å². The maximum Gasteiger partial charge on any atom is 0.305 e. The number of carbonyl (C=O) groups excluding carboxylic acids is 2. The number of hydrogen-bond acceptors (Lipinski definition) is 6. The first-order valence-electron chi connectivity index (χ1n) is 12.2. The number of hydrogen-bond donors (Lipinski definition) is 1. The number of Topliss-reactive ketones (excluding diaryl/α,β-unsaturated/α-hetero) is 1. The van der Waals surface area contributed by atoms with E-state index in [1.165, 1.54) is 18.4 Å². The zero-order valence-corrected chi connectivity index (χ0v) is 21.8. The van der Waals surface area contributed by atoms with Crippen LogP contribution in [0.5, 0.6) is 0 Å². The number of esters is 1. The highest BCUT2D eigenvalue weighted by Crippen LogP contribution is 2.49. The van der Waals surface area contributed by atoms with Crippen LogP contribution >= 0.6 is 22.9 Å². The fourth-order valence-corrected chi connectivity index (χ4v) is 6.59. The molecule has 5 nitrogen and oxygen atoms in total. The van der Waals surface area contributed by atoms with Crippen LogP contribution in [-0.2, 0) is 25.5 Å². The molecule has 7 heteroatoms. The minimum Gasteiger partial charge on any atom is -0.469 e. The molecule has 0 amide bonds. The monoisotopic (exact) mass is 508 g/mol. The predicted octanol–water partition coefficient (Wildman–Crippen LogP) is 5.93. The molecule has 188 valence electrons. The number of rotatable bonds is 13. The van der Waals surface area contributed by atoms with Gasteiger partial charge in [0.05, 0.1) is 23.7 Å². The second kappa shape index (κ2) is 13.0. The van der Waals surface area contributed by atoms with Crippen molar-refractivity contribution in [3.8, 4) is 0 Å². The highest BCUT2D eigenvalue weighted by atomic mass is 35.5. The van der Waals surface area contributed by atoms with Gasteiger partial charge in [0, 0.05) is 42.1 Å². The average Bonchev–Trinajstić information content (AvgIpc) is 3.32. The summed E-state index contributed by atoms with van der Waals surface area (Å²) in [6, 6.07) is 4.07. The predicted molar refractivity (Wildman–Crippen MR) is 136 cm³/mol. The zero-order chi connectivity index (χ0) is 24.6. The Morgan fingerprint density at radius 2 is 2.09 bits per heavy atom. The number of methoxy groups -OCH3 is 2. The van der Waals surface area contributed by atoms with E-state index < -0.39 is 6.10 Å². The van der Waals surface area contributed by atoms with Gasteiger partial charge in [0.2, 0.25) is 0 Å². The van der Waals surface area contributed by atoms with Gasteiger partial charge in [0.1, 0.15) is 5.78 Å². The van der Waals surface area contributed by atoms with E-state index in [1.54, 1.807) is 18.4 Å². The summed E-state index contributed by atoms with van der Waals surface area (Å²) in [5.74, 6) is -0.451. The molecule has 2 fully saturated rings. The fourth-order valence-electron chi connectivity index (χ4n) is 5.35. The summed E-state index contributed by atoms with van der Waals surface area (Å²) in [7, 11) is 3.17. The number of halogens is 1. The SMILES string of the molecule is COC(=O)CCCC=CC[C@H]1C(=O)C[C@@H](O)[C@@H]1C=CCC(OC)C1(Cc2ccc(Cl)s2)CCC1. The van der Waals surface area contributed by atoms with Crippen molar-refractivity contribution in [1.82, 2.24) is 0 Å². The molecule has 1 N–H and O–H groups in total. The van der Waals surface area contributed by atoms with Crippen molar-refractivity contribution < 1.29 is 24.2 Å². The largest absolute Gasteiger partial charge is 0.469 e. The lowest BCUT2D eigenvalue weighted by Crippen LogP contribution is -2.44. The Hall–Kier alpha value is -1.47. The maximum absolute atomic E-state index is 12.5. The van der Waals surface area contributed by atoms with Gasteiger partial charge in [0.25, 0.3) is 0 Å². The molecule has 0 saturated heterocycles. The Bertz CT molecular complexity index is 872. The van der Waals surface area contributed by atoms with Gasteiger partial charge in [-0.3, -0.25) is 9.59 Å². The molecule has 2 aliphatic rings. The highest BCUT2D eigenvalue weighted by Gasteiger charge is 2.44. The van der Waals surface area contributed by atoms with Gasteiger partial charge in [0.15, 0.2) is 0 Å². The summed E-state index contributed by atoms with van der Waals surface area (Å²) in [4.78, 5) is 25.0. The van der Waals surface area contributed by atoms with Crippen molar-refractivity contribution in [3.63, 3.8) is 0 Å². The number of unbranched alkanes of at least 4 members (excludes halogenated alkanes) is 1. The molecule has 0 radical (unpaired) electrons. The molecule has 0 aliphatic heterocycles. The molecular weight excluding hydrogens is 472 g/mol. The number of carbonyl (C=O) groups is 2. The first-order chi connectivity index (χ1) is 16.4. The van der Waals surface area contributed by atoms with Crippen LogP contribution < -0.4 is 0 Å². The van der Waals surface area contributed by atoms with E-state index in [-0.39, 0.29) is 41.5 Å². The van der Waals surface area contributed by atoms with Crippen LogP contribution in [0.2, 0.25) is 4.34 Å². The van der Waals surface area contributed by atoms with E-state index in [4.69, 9.17) is 16.3 Å². The Morgan fingerprint density at radius 3 is 2.71 bits per heavy atom. The number of aliphatic hydroxyl groups excluding tert-OH is 1. The maximum atomic E-state index is 12.5. The molecule has 34 heavy (non-hydrogen) atoms. The molecule has 0 spiro atoms. The quantitative estimate of drug-likeness (QED) is 0.203. The van der Waals surface area contributed by atoms with Crippen LogP contribution in [0.1, 0.15) is 62.7 Å². The lowest BCUT2D eigenvalue weighted by molar-refractivity contribution is -0.140. The summed E-state index contributed by atoms with van der Waals surface area (Å²) >= 11 is 7.78. The second-order valence-electron chi connectivity index (χ2n) is 9.58. The van der Waals surface area contributed by atoms with Crippen LogP contribution in [0.15, 0.2) is 36.4 Å². The van der Waals surface area contributed by atoms with Crippen molar-refractivity contribution in [2.24, 2.45) is 17.3 Å². The third-order valence-electron chi connectivity index (χ3n) is 7.45. The van der Waals surface area contributed by atoms with Crippen LogP contribution in [0, 0.1) is 17.3 Å². The van der Waals surface area contributed by atoms with E-state index >= 15 is 0 Å². The molecule has 4 atom stereocenters. The minimum atomic E-state index is -0.631. The molecule has 1 aromatic heterocycles. The van der Waals surface area contributed by atoms with Crippen molar-refractivity contribution in [2.45, 2.75) is 76.4 Å². The Labute approximate surface area is 212 Å².